The van der Waals surface area contributed by atoms with Crippen molar-refractivity contribution in [2.45, 2.75) is 39.8 Å². The maximum atomic E-state index is 5.03. The number of aromatic nitrogens is 2. The van der Waals surface area contributed by atoms with Crippen molar-refractivity contribution in [3.8, 4) is 0 Å². The summed E-state index contributed by atoms with van der Waals surface area (Å²) in [6.45, 7) is 7.00. The van der Waals surface area contributed by atoms with E-state index in [0.717, 1.165) is 32.5 Å². The first-order valence-electron chi connectivity index (χ1n) is 6.60. The lowest BCUT2D eigenvalue weighted by atomic mass is 10.2. The lowest BCUT2D eigenvalue weighted by Gasteiger charge is -2.06. The van der Waals surface area contributed by atoms with Crippen LogP contribution in [0.3, 0.4) is 0 Å². The van der Waals surface area contributed by atoms with E-state index in [2.05, 4.69) is 35.0 Å². The lowest BCUT2D eigenvalue weighted by molar-refractivity contribution is 0.529. The monoisotopic (exact) mass is 247 g/mol. The zero-order valence-electron chi connectivity index (χ0n) is 11.1. The van der Waals surface area contributed by atoms with Gasteiger partial charge in [0.05, 0.1) is 24.8 Å². The molecule has 0 bridgehead atoms. The Morgan fingerprint density at radius 1 is 1.33 bits per heavy atom. The Hall–Kier alpha value is -1.55. The van der Waals surface area contributed by atoms with Crippen LogP contribution >= 0.6 is 0 Å². The standard InChI is InChI=1S/C14H21N3O/c1-3-13-9-14(4-2)17(16-13)7-6-15-10-12-5-8-18-11-12/h5,8-9,11,15H,3-4,6-7,10H2,1-2H3. The maximum Gasteiger partial charge on any atom is 0.0947 e. The fraction of sp³-hybridized carbons (Fsp3) is 0.500. The zero-order chi connectivity index (χ0) is 12.8. The van der Waals surface area contributed by atoms with Gasteiger partial charge in [-0.15, -0.1) is 0 Å². The number of aryl methyl sites for hydroxylation is 2. The first kappa shape index (κ1) is 12.9. The first-order chi connectivity index (χ1) is 8.83. The highest BCUT2D eigenvalue weighted by atomic mass is 16.3. The number of rotatable bonds is 7. The van der Waals surface area contributed by atoms with Crippen molar-refractivity contribution < 1.29 is 4.42 Å². The summed E-state index contributed by atoms with van der Waals surface area (Å²) in [6.07, 6.45) is 5.51. The van der Waals surface area contributed by atoms with Crippen molar-refractivity contribution in [1.29, 1.82) is 0 Å². The number of hydrogen-bond acceptors (Lipinski definition) is 3. The molecule has 18 heavy (non-hydrogen) atoms. The Morgan fingerprint density at radius 3 is 2.89 bits per heavy atom. The van der Waals surface area contributed by atoms with E-state index in [0.29, 0.717) is 0 Å². The Labute approximate surface area is 108 Å². The smallest absolute Gasteiger partial charge is 0.0947 e. The van der Waals surface area contributed by atoms with Gasteiger partial charge < -0.3 is 9.73 Å². The lowest BCUT2D eigenvalue weighted by Crippen LogP contribution is -2.20. The van der Waals surface area contributed by atoms with Gasteiger partial charge in [-0.2, -0.15) is 5.10 Å². The maximum absolute atomic E-state index is 5.03. The van der Waals surface area contributed by atoms with Crippen molar-refractivity contribution in [3.63, 3.8) is 0 Å². The molecule has 0 unspecified atom stereocenters. The third-order valence-electron chi connectivity index (χ3n) is 3.05. The van der Waals surface area contributed by atoms with Crippen LogP contribution in [-0.2, 0) is 25.9 Å². The molecule has 0 aliphatic carbocycles. The number of nitrogens with zero attached hydrogens (tertiary/aromatic N) is 2. The minimum atomic E-state index is 0.847. The summed E-state index contributed by atoms with van der Waals surface area (Å²) in [4.78, 5) is 0. The number of hydrogen-bond donors (Lipinski definition) is 1. The van der Waals surface area contributed by atoms with Crippen LogP contribution in [0.2, 0.25) is 0 Å². The zero-order valence-corrected chi connectivity index (χ0v) is 11.1. The van der Waals surface area contributed by atoms with Crippen molar-refractivity contribution >= 4 is 0 Å². The highest BCUT2D eigenvalue weighted by Crippen LogP contribution is 2.06. The van der Waals surface area contributed by atoms with E-state index in [-0.39, 0.29) is 0 Å². The molecule has 0 fully saturated rings. The van der Waals surface area contributed by atoms with Gasteiger partial charge in [-0.3, -0.25) is 4.68 Å². The van der Waals surface area contributed by atoms with Crippen molar-refractivity contribution in [2.75, 3.05) is 6.54 Å². The number of nitrogens with one attached hydrogen (secondary N) is 1. The molecule has 0 aromatic carbocycles. The molecule has 0 atom stereocenters. The van der Waals surface area contributed by atoms with E-state index in [1.807, 2.05) is 6.07 Å². The fourth-order valence-corrected chi connectivity index (χ4v) is 1.98. The van der Waals surface area contributed by atoms with Crippen LogP contribution in [0.25, 0.3) is 0 Å². The van der Waals surface area contributed by atoms with Gasteiger partial charge in [-0.05, 0) is 25.0 Å². The summed E-state index contributed by atoms with van der Waals surface area (Å²) < 4.78 is 7.14. The Balaban J connectivity index is 1.80. The van der Waals surface area contributed by atoms with Gasteiger partial charge in [0, 0.05) is 24.3 Å². The third kappa shape index (κ3) is 3.23. The van der Waals surface area contributed by atoms with Crippen LogP contribution in [0.15, 0.2) is 29.1 Å². The predicted molar refractivity (Wildman–Crippen MR) is 71.4 cm³/mol. The fourth-order valence-electron chi connectivity index (χ4n) is 1.98. The Kier molecular flexibility index (Phi) is 4.59. The summed E-state index contributed by atoms with van der Waals surface area (Å²) in [5, 5.41) is 7.99. The van der Waals surface area contributed by atoms with Gasteiger partial charge in [0.2, 0.25) is 0 Å². The Morgan fingerprint density at radius 2 is 2.22 bits per heavy atom. The molecule has 98 valence electrons. The quantitative estimate of drug-likeness (QED) is 0.764. The summed E-state index contributed by atoms with van der Waals surface area (Å²) in [6, 6.07) is 4.18. The first-order valence-corrected chi connectivity index (χ1v) is 6.60. The second kappa shape index (κ2) is 6.40. The van der Waals surface area contributed by atoms with Crippen molar-refractivity contribution in [2.24, 2.45) is 0 Å². The van der Waals surface area contributed by atoms with Crippen LogP contribution in [0.5, 0.6) is 0 Å². The molecule has 0 aliphatic heterocycles. The van der Waals surface area contributed by atoms with Gasteiger partial charge in [-0.1, -0.05) is 13.8 Å². The topological polar surface area (TPSA) is 43.0 Å². The van der Waals surface area contributed by atoms with E-state index < -0.39 is 0 Å². The summed E-state index contributed by atoms with van der Waals surface area (Å²) >= 11 is 0. The number of furan rings is 1. The van der Waals surface area contributed by atoms with Crippen LogP contribution < -0.4 is 5.32 Å². The summed E-state index contributed by atoms with van der Waals surface area (Å²) in [7, 11) is 0. The molecule has 2 heterocycles. The molecule has 1 N–H and O–H groups in total. The largest absolute Gasteiger partial charge is 0.472 e. The second-order valence-corrected chi connectivity index (χ2v) is 4.37. The molecule has 0 saturated heterocycles. The van der Waals surface area contributed by atoms with Gasteiger partial charge in [0.1, 0.15) is 0 Å². The molecular weight excluding hydrogens is 226 g/mol. The van der Waals surface area contributed by atoms with Gasteiger partial charge >= 0.3 is 0 Å². The molecule has 0 saturated carbocycles. The highest BCUT2D eigenvalue weighted by Gasteiger charge is 2.04. The molecule has 0 spiro atoms. The van der Waals surface area contributed by atoms with Crippen LogP contribution in [0.1, 0.15) is 30.8 Å². The molecular formula is C14H21N3O. The van der Waals surface area contributed by atoms with Crippen LogP contribution in [0.4, 0.5) is 0 Å². The minimum Gasteiger partial charge on any atom is -0.472 e. The Bertz CT molecular complexity index is 459. The van der Waals surface area contributed by atoms with Crippen LogP contribution in [-0.4, -0.2) is 16.3 Å². The van der Waals surface area contributed by atoms with Crippen molar-refractivity contribution in [1.82, 2.24) is 15.1 Å². The van der Waals surface area contributed by atoms with E-state index in [4.69, 9.17) is 4.42 Å². The highest BCUT2D eigenvalue weighted by molar-refractivity contribution is 5.10. The van der Waals surface area contributed by atoms with Gasteiger partial charge in [-0.25, -0.2) is 0 Å². The van der Waals surface area contributed by atoms with E-state index in [9.17, 15) is 0 Å². The molecule has 2 aromatic rings. The second-order valence-electron chi connectivity index (χ2n) is 4.37. The summed E-state index contributed by atoms with van der Waals surface area (Å²) in [5.74, 6) is 0. The summed E-state index contributed by atoms with van der Waals surface area (Å²) in [5.41, 5.74) is 3.68. The average Bonchev–Trinajstić information content (AvgIpc) is 3.03. The average molecular weight is 247 g/mol. The van der Waals surface area contributed by atoms with Crippen molar-refractivity contribution in [3.05, 3.63) is 41.6 Å². The van der Waals surface area contributed by atoms with Crippen LogP contribution in [0, 0.1) is 0 Å². The molecule has 4 heteroatoms. The van der Waals surface area contributed by atoms with Gasteiger partial charge in [0.15, 0.2) is 0 Å². The normalized spacial score (nSPS) is 11.0. The molecule has 4 nitrogen and oxygen atoms in total. The van der Waals surface area contributed by atoms with Gasteiger partial charge in [0.25, 0.3) is 0 Å². The molecule has 2 aromatic heterocycles. The van der Waals surface area contributed by atoms with E-state index in [1.54, 1.807) is 12.5 Å². The minimum absolute atomic E-state index is 0.847. The predicted octanol–water partition coefficient (Wildman–Crippen LogP) is 2.39. The van der Waals surface area contributed by atoms with E-state index >= 15 is 0 Å². The molecule has 2 rings (SSSR count). The molecule has 0 amide bonds. The molecule has 0 aliphatic rings. The third-order valence-corrected chi connectivity index (χ3v) is 3.05. The van der Waals surface area contributed by atoms with E-state index in [1.165, 1.54) is 17.0 Å². The SMILES string of the molecule is CCc1cc(CC)n(CCNCc2ccoc2)n1. The molecule has 0 radical (unpaired) electrons.